The number of aromatic nitrogens is 3. The minimum atomic E-state index is -0.287. The Labute approximate surface area is 122 Å². The smallest absolute Gasteiger partial charge is 0.271 e. The number of aliphatic hydroxyl groups is 1. The summed E-state index contributed by atoms with van der Waals surface area (Å²) in [5, 5.41) is 15.6. The second-order valence-electron chi connectivity index (χ2n) is 4.30. The van der Waals surface area contributed by atoms with Crippen LogP contribution in [0.3, 0.4) is 0 Å². The standard InChI is InChI=1S/C15H16N4O2/c1-19-13(7-9-18-19)11-17-15(21)14-12(5-2-3-10-20)6-4-8-16-14/h4,6-9,20H,3,10-11H2,1H3,(H,17,21). The van der Waals surface area contributed by atoms with Crippen LogP contribution in [0.4, 0.5) is 0 Å². The van der Waals surface area contributed by atoms with Crippen LogP contribution >= 0.6 is 0 Å². The maximum absolute atomic E-state index is 12.2. The van der Waals surface area contributed by atoms with Gasteiger partial charge in [-0.1, -0.05) is 11.8 Å². The minimum absolute atomic E-state index is 0.00468. The predicted octanol–water partition coefficient (Wildman–Crippen LogP) is 0.479. The quantitative estimate of drug-likeness (QED) is 0.800. The van der Waals surface area contributed by atoms with Gasteiger partial charge in [0.2, 0.25) is 0 Å². The molecule has 0 aliphatic rings. The van der Waals surface area contributed by atoms with Crippen LogP contribution in [0.1, 0.15) is 28.2 Å². The second kappa shape index (κ2) is 7.22. The summed E-state index contributed by atoms with van der Waals surface area (Å²) in [6.45, 7) is 0.366. The highest BCUT2D eigenvalue weighted by atomic mass is 16.2. The molecule has 0 aliphatic heterocycles. The molecule has 0 aromatic carbocycles. The molecular weight excluding hydrogens is 268 g/mol. The number of amides is 1. The van der Waals surface area contributed by atoms with E-state index in [-0.39, 0.29) is 18.2 Å². The van der Waals surface area contributed by atoms with Gasteiger partial charge in [0, 0.05) is 25.9 Å². The van der Waals surface area contributed by atoms with Crippen molar-refractivity contribution in [1.29, 1.82) is 0 Å². The average molecular weight is 284 g/mol. The third-order valence-electron chi connectivity index (χ3n) is 2.84. The third-order valence-corrected chi connectivity index (χ3v) is 2.84. The van der Waals surface area contributed by atoms with Crippen molar-refractivity contribution in [2.75, 3.05) is 6.61 Å². The first-order chi connectivity index (χ1) is 10.2. The van der Waals surface area contributed by atoms with Crippen molar-refractivity contribution in [1.82, 2.24) is 20.1 Å². The molecule has 21 heavy (non-hydrogen) atoms. The first-order valence-corrected chi connectivity index (χ1v) is 6.52. The Morgan fingerprint density at radius 2 is 2.29 bits per heavy atom. The van der Waals surface area contributed by atoms with Crippen LogP contribution in [0.15, 0.2) is 30.6 Å². The van der Waals surface area contributed by atoms with Crippen LogP contribution < -0.4 is 5.32 Å². The molecule has 1 amide bonds. The van der Waals surface area contributed by atoms with Crippen LogP contribution in [0, 0.1) is 11.8 Å². The van der Waals surface area contributed by atoms with E-state index >= 15 is 0 Å². The maximum atomic E-state index is 12.2. The van der Waals surface area contributed by atoms with E-state index in [1.54, 1.807) is 29.2 Å². The first kappa shape index (κ1) is 14.8. The van der Waals surface area contributed by atoms with Crippen LogP contribution in [-0.2, 0) is 13.6 Å². The molecule has 0 saturated heterocycles. The molecular formula is C15H16N4O2. The SMILES string of the molecule is Cn1nccc1CNC(=O)c1ncccc1C#CCCO. The maximum Gasteiger partial charge on any atom is 0.271 e. The van der Waals surface area contributed by atoms with Crippen LogP contribution in [-0.4, -0.2) is 32.4 Å². The van der Waals surface area contributed by atoms with Gasteiger partial charge in [0.1, 0.15) is 5.69 Å². The van der Waals surface area contributed by atoms with Gasteiger partial charge >= 0.3 is 0 Å². The highest BCUT2D eigenvalue weighted by Crippen LogP contribution is 2.04. The number of rotatable bonds is 4. The van der Waals surface area contributed by atoms with Gasteiger partial charge < -0.3 is 10.4 Å². The van der Waals surface area contributed by atoms with Gasteiger partial charge in [-0.15, -0.1) is 0 Å². The molecule has 2 aromatic rings. The molecule has 0 unspecified atom stereocenters. The lowest BCUT2D eigenvalue weighted by Crippen LogP contribution is -2.25. The zero-order chi connectivity index (χ0) is 15.1. The molecule has 6 nitrogen and oxygen atoms in total. The normalized spacial score (nSPS) is 9.81. The molecule has 0 fully saturated rings. The number of aliphatic hydroxyl groups excluding tert-OH is 1. The van der Waals surface area contributed by atoms with Gasteiger partial charge in [-0.3, -0.25) is 9.48 Å². The summed E-state index contributed by atoms with van der Waals surface area (Å²) in [5.74, 6) is 5.35. The summed E-state index contributed by atoms with van der Waals surface area (Å²) in [6.07, 6.45) is 3.59. The van der Waals surface area contributed by atoms with Crippen LogP contribution in [0.2, 0.25) is 0 Å². The molecule has 2 heterocycles. The minimum Gasteiger partial charge on any atom is -0.395 e. The molecule has 0 saturated carbocycles. The monoisotopic (exact) mass is 284 g/mol. The molecule has 0 spiro atoms. The second-order valence-corrected chi connectivity index (χ2v) is 4.30. The fourth-order valence-corrected chi connectivity index (χ4v) is 1.73. The van der Waals surface area contributed by atoms with Gasteiger partial charge in [0.05, 0.1) is 24.4 Å². The summed E-state index contributed by atoms with van der Waals surface area (Å²) in [6, 6.07) is 5.29. The van der Waals surface area contributed by atoms with E-state index in [4.69, 9.17) is 5.11 Å². The first-order valence-electron chi connectivity index (χ1n) is 6.52. The summed E-state index contributed by atoms with van der Waals surface area (Å²) in [4.78, 5) is 16.3. The Morgan fingerprint density at radius 1 is 1.43 bits per heavy atom. The van der Waals surface area contributed by atoms with E-state index in [1.165, 1.54) is 0 Å². The van der Waals surface area contributed by atoms with Crippen molar-refractivity contribution in [2.24, 2.45) is 7.05 Å². The van der Waals surface area contributed by atoms with E-state index in [0.29, 0.717) is 18.5 Å². The zero-order valence-electron chi connectivity index (χ0n) is 11.7. The van der Waals surface area contributed by atoms with Crippen molar-refractivity contribution in [3.63, 3.8) is 0 Å². The van der Waals surface area contributed by atoms with Crippen molar-refractivity contribution in [3.05, 3.63) is 47.5 Å². The number of nitrogens with one attached hydrogen (secondary N) is 1. The van der Waals surface area contributed by atoms with Gasteiger partial charge in [0.15, 0.2) is 0 Å². The summed E-state index contributed by atoms with van der Waals surface area (Å²) < 4.78 is 1.70. The number of carbonyl (C=O) groups excluding carboxylic acids is 1. The lowest BCUT2D eigenvalue weighted by molar-refractivity contribution is 0.0945. The lowest BCUT2D eigenvalue weighted by atomic mass is 10.2. The highest BCUT2D eigenvalue weighted by Gasteiger charge is 2.11. The van der Waals surface area contributed by atoms with Crippen molar-refractivity contribution in [3.8, 4) is 11.8 Å². The Hall–Kier alpha value is -2.65. The van der Waals surface area contributed by atoms with Crippen molar-refractivity contribution >= 4 is 5.91 Å². The van der Waals surface area contributed by atoms with Gasteiger partial charge in [-0.25, -0.2) is 4.98 Å². The summed E-state index contributed by atoms with van der Waals surface area (Å²) in [7, 11) is 1.81. The average Bonchev–Trinajstić information content (AvgIpc) is 2.91. The Bertz CT molecular complexity index is 682. The van der Waals surface area contributed by atoms with Crippen molar-refractivity contribution < 1.29 is 9.90 Å². The lowest BCUT2D eigenvalue weighted by Gasteiger charge is -2.06. The van der Waals surface area contributed by atoms with Gasteiger partial charge in [0.25, 0.3) is 5.91 Å². The van der Waals surface area contributed by atoms with E-state index in [2.05, 4.69) is 27.2 Å². The molecule has 0 radical (unpaired) electrons. The fraction of sp³-hybridized carbons (Fsp3) is 0.267. The van der Waals surface area contributed by atoms with E-state index in [0.717, 1.165) is 5.69 Å². The number of hydrogen-bond donors (Lipinski definition) is 2. The predicted molar refractivity (Wildman–Crippen MR) is 77.2 cm³/mol. The number of pyridine rings is 1. The topological polar surface area (TPSA) is 80.0 Å². The summed E-state index contributed by atoms with van der Waals surface area (Å²) in [5.41, 5.74) is 1.73. The molecule has 0 atom stereocenters. The van der Waals surface area contributed by atoms with Gasteiger partial charge in [-0.2, -0.15) is 5.10 Å². The highest BCUT2D eigenvalue weighted by molar-refractivity contribution is 5.94. The zero-order valence-corrected chi connectivity index (χ0v) is 11.7. The van der Waals surface area contributed by atoms with Gasteiger partial charge in [-0.05, 0) is 18.2 Å². The molecule has 6 heteroatoms. The Kier molecular flexibility index (Phi) is 5.07. The number of carbonyl (C=O) groups is 1. The molecule has 2 N–H and O–H groups in total. The number of aryl methyl sites for hydroxylation is 1. The van der Waals surface area contributed by atoms with Crippen molar-refractivity contribution in [2.45, 2.75) is 13.0 Å². The molecule has 0 bridgehead atoms. The summed E-state index contributed by atoms with van der Waals surface area (Å²) >= 11 is 0. The Morgan fingerprint density at radius 3 is 3.00 bits per heavy atom. The van der Waals surface area contributed by atoms with E-state index in [1.807, 2.05) is 13.1 Å². The molecule has 2 aromatic heterocycles. The largest absolute Gasteiger partial charge is 0.395 e. The number of hydrogen-bond acceptors (Lipinski definition) is 4. The molecule has 0 aliphatic carbocycles. The van der Waals surface area contributed by atoms with Crippen LogP contribution in [0.5, 0.6) is 0 Å². The molecule has 2 rings (SSSR count). The fourth-order valence-electron chi connectivity index (χ4n) is 1.73. The van der Waals surface area contributed by atoms with Crippen LogP contribution in [0.25, 0.3) is 0 Å². The van der Waals surface area contributed by atoms with E-state index < -0.39 is 0 Å². The van der Waals surface area contributed by atoms with E-state index in [9.17, 15) is 4.79 Å². The third kappa shape index (κ3) is 3.91. The Balaban J connectivity index is 2.09. The molecule has 108 valence electrons. The number of nitrogens with zero attached hydrogens (tertiary/aromatic N) is 3.